The van der Waals surface area contributed by atoms with Gasteiger partial charge in [-0.1, -0.05) is 30.4 Å². The molecule has 3 nitrogen and oxygen atoms in total. The lowest BCUT2D eigenvalue weighted by atomic mass is 10.2. The molecule has 0 radical (unpaired) electrons. The van der Waals surface area contributed by atoms with Crippen LogP contribution < -0.4 is 4.74 Å². The molecule has 0 aliphatic carbocycles. The highest BCUT2D eigenvalue weighted by Gasteiger charge is 2.07. The van der Waals surface area contributed by atoms with E-state index in [1.807, 2.05) is 18.2 Å². The lowest BCUT2D eigenvalue weighted by Gasteiger charge is -2.25. The van der Waals surface area contributed by atoms with Crippen LogP contribution in [-0.4, -0.2) is 44.9 Å². The largest absolute Gasteiger partial charge is 0.496 e. The van der Waals surface area contributed by atoms with E-state index < -0.39 is 0 Å². The first kappa shape index (κ1) is 12.1. The molecular formula is C14H19NO2. The Balaban J connectivity index is 1.90. The van der Waals surface area contributed by atoms with Crippen LogP contribution in [0.15, 0.2) is 30.3 Å². The minimum atomic E-state index is 0.850. The molecule has 92 valence electrons. The lowest BCUT2D eigenvalue weighted by Crippen LogP contribution is -2.36. The molecule has 2 rings (SSSR count). The SMILES string of the molecule is COc1ccccc1/C=C\CN1CCOCC1. The fourth-order valence-electron chi connectivity index (χ4n) is 1.92. The van der Waals surface area contributed by atoms with Crippen molar-refractivity contribution < 1.29 is 9.47 Å². The fraction of sp³-hybridized carbons (Fsp3) is 0.429. The first-order chi connectivity index (χ1) is 8.40. The summed E-state index contributed by atoms with van der Waals surface area (Å²) >= 11 is 0. The van der Waals surface area contributed by atoms with Crippen LogP contribution in [0.2, 0.25) is 0 Å². The quantitative estimate of drug-likeness (QED) is 0.794. The van der Waals surface area contributed by atoms with E-state index in [-0.39, 0.29) is 0 Å². The summed E-state index contributed by atoms with van der Waals surface area (Å²) < 4.78 is 10.6. The normalized spacial score (nSPS) is 17.5. The van der Waals surface area contributed by atoms with Gasteiger partial charge in [0, 0.05) is 25.2 Å². The molecule has 0 atom stereocenters. The summed E-state index contributed by atoms with van der Waals surface area (Å²) in [6, 6.07) is 8.05. The number of hydrogen-bond acceptors (Lipinski definition) is 3. The third kappa shape index (κ3) is 3.58. The zero-order chi connectivity index (χ0) is 11.9. The van der Waals surface area contributed by atoms with Crippen molar-refractivity contribution in [3.63, 3.8) is 0 Å². The molecule has 0 unspecified atom stereocenters. The molecule has 0 amide bonds. The zero-order valence-corrected chi connectivity index (χ0v) is 10.3. The number of morpholine rings is 1. The molecule has 0 N–H and O–H groups in total. The standard InChI is InChI=1S/C14H19NO2/c1-16-14-7-3-2-5-13(14)6-4-8-15-9-11-17-12-10-15/h2-7H,8-12H2,1H3/b6-4-. The second kappa shape index (κ2) is 6.42. The monoisotopic (exact) mass is 233 g/mol. The van der Waals surface area contributed by atoms with Crippen molar-refractivity contribution in [2.45, 2.75) is 0 Å². The Labute approximate surface area is 103 Å². The van der Waals surface area contributed by atoms with Gasteiger partial charge in [0.05, 0.1) is 20.3 Å². The number of rotatable bonds is 4. The summed E-state index contributed by atoms with van der Waals surface area (Å²) in [6.07, 6.45) is 4.30. The average molecular weight is 233 g/mol. The minimum absolute atomic E-state index is 0.850. The highest BCUT2D eigenvalue weighted by Crippen LogP contribution is 2.18. The predicted molar refractivity (Wildman–Crippen MR) is 69.3 cm³/mol. The maximum absolute atomic E-state index is 5.32. The van der Waals surface area contributed by atoms with Crippen LogP contribution in [0.3, 0.4) is 0 Å². The highest BCUT2D eigenvalue weighted by molar-refractivity contribution is 5.57. The molecule has 0 aromatic heterocycles. The summed E-state index contributed by atoms with van der Waals surface area (Å²) in [4.78, 5) is 2.38. The summed E-state index contributed by atoms with van der Waals surface area (Å²) in [5.74, 6) is 0.922. The first-order valence-electron chi connectivity index (χ1n) is 6.00. The van der Waals surface area contributed by atoms with Gasteiger partial charge in [0.15, 0.2) is 0 Å². The van der Waals surface area contributed by atoms with Crippen LogP contribution in [0.5, 0.6) is 5.75 Å². The zero-order valence-electron chi connectivity index (χ0n) is 10.3. The van der Waals surface area contributed by atoms with E-state index in [0.717, 1.165) is 44.2 Å². The number of para-hydroxylation sites is 1. The summed E-state index contributed by atoms with van der Waals surface area (Å²) in [5, 5.41) is 0. The van der Waals surface area contributed by atoms with Crippen LogP contribution >= 0.6 is 0 Å². The third-order valence-electron chi connectivity index (χ3n) is 2.90. The Morgan fingerprint density at radius 3 is 2.82 bits per heavy atom. The van der Waals surface area contributed by atoms with E-state index in [2.05, 4.69) is 23.1 Å². The molecular weight excluding hydrogens is 214 g/mol. The van der Waals surface area contributed by atoms with Gasteiger partial charge in [-0.15, -0.1) is 0 Å². The molecule has 0 saturated carbocycles. The minimum Gasteiger partial charge on any atom is -0.496 e. The summed E-state index contributed by atoms with van der Waals surface area (Å²) in [5.41, 5.74) is 1.13. The Morgan fingerprint density at radius 2 is 2.06 bits per heavy atom. The van der Waals surface area contributed by atoms with Gasteiger partial charge in [-0.2, -0.15) is 0 Å². The summed E-state index contributed by atoms with van der Waals surface area (Å²) in [7, 11) is 1.70. The van der Waals surface area contributed by atoms with E-state index in [4.69, 9.17) is 9.47 Å². The maximum atomic E-state index is 5.32. The number of nitrogens with zero attached hydrogens (tertiary/aromatic N) is 1. The van der Waals surface area contributed by atoms with Crippen LogP contribution in [0.25, 0.3) is 6.08 Å². The Bertz CT molecular complexity index is 370. The van der Waals surface area contributed by atoms with Gasteiger partial charge in [0.1, 0.15) is 5.75 Å². The molecule has 1 aliphatic rings. The van der Waals surface area contributed by atoms with Crippen molar-refractivity contribution >= 4 is 6.08 Å². The van der Waals surface area contributed by atoms with Gasteiger partial charge >= 0.3 is 0 Å². The van der Waals surface area contributed by atoms with Crippen LogP contribution in [0.4, 0.5) is 0 Å². The molecule has 17 heavy (non-hydrogen) atoms. The Morgan fingerprint density at radius 1 is 1.29 bits per heavy atom. The molecule has 1 aromatic rings. The molecule has 1 heterocycles. The highest BCUT2D eigenvalue weighted by atomic mass is 16.5. The van der Waals surface area contributed by atoms with Gasteiger partial charge in [-0.05, 0) is 6.07 Å². The topological polar surface area (TPSA) is 21.7 Å². The molecule has 1 saturated heterocycles. The molecule has 1 aliphatic heterocycles. The number of methoxy groups -OCH3 is 1. The van der Waals surface area contributed by atoms with Gasteiger partial charge in [0.2, 0.25) is 0 Å². The molecule has 1 aromatic carbocycles. The second-order valence-corrected chi connectivity index (χ2v) is 4.06. The Hall–Kier alpha value is -1.32. The Kier molecular flexibility index (Phi) is 4.59. The third-order valence-corrected chi connectivity index (χ3v) is 2.90. The molecule has 3 heteroatoms. The van der Waals surface area contributed by atoms with Gasteiger partial charge in [-0.25, -0.2) is 0 Å². The fourth-order valence-corrected chi connectivity index (χ4v) is 1.92. The van der Waals surface area contributed by atoms with Crippen LogP contribution in [-0.2, 0) is 4.74 Å². The van der Waals surface area contributed by atoms with Crippen molar-refractivity contribution in [3.05, 3.63) is 35.9 Å². The number of hydrogen-bond donors (Lipinski definition) is 0. The number of ether oxygens (including phenoxy) is 2. The van der Waals surface area contributed by atoms with Crippen LogP contribution in [0.1, 0.15) is 5.56 Å². The van der Waals surface area contributed by atoms with Crippen molar-refractivity contribution in [3.8, 4) is 5.75 Å². The van der Waals surface area contributed by atoms with Crippen molar-refractivity contribution in [2.24, 2.45) is 0 Å². The average Bonchev–Trinajstić information content (AvgIpc) is 2.40. The predicted octanol–water partition coefficient (Wildman–Crippen LogP) is 2.04. The van der Waals surface area contributed by atoms with Gasteiger partial charge in [0.25, 0.3) is 0 Å². The van der Waals surface area contributed by atoms with E-state index in [9.17, 15) is 0 Å². The lowest BCUT2D eigenvalue weighted by molar-refractivity contribution is 0.0435. The van der Waals surface area contributed by atoms with Crippen molar-refractivity contribution in [1.82, 2.24) is 4.90 Å². The second-order valence-electron chi connectivity index (χ2n) is 4.06. The van der Waals surface area contributed by atoms with E-state index in [1.54, 1.807) is 7.11 Å². The molecule has 1 fully saturated rings. The van der Waals surface area contributed by atoms with Crippen LogP contribution in [0, 0.1) is 0 Å². The van der Waals surface area contributed by atoms with Gasteiger partial charge in [-0.3, -0.25) is 4.90 Å². The van der Waals surface area contributed by atoms with Crippen molar-refractivity contribution in [1.29, 1.82) is 0 Å². The van der Waals surface area contributed by atoms with Gasteiger partial charge < -0.3 is 9.47 Å². The van der Waals surface area contributed by atoms with E-state index in [0.29, 0.717) is 0 Å². The maximum Gasteiger partial charge on any atom is 0.126 e. The first-order valence-corrected chi connectivity index (χ1v) is 6.00. The smallest absolute Gasteiger partial charge is 0.126 e. The number of benzene rings is 1. The summed E-state index contributed by atoms with van der Waals surface area (Å²) in [6.45, 7) is 4.72. The molecule has 0 bridgehead atoms. The van der Waals surface area contributed by atoms with Crippen molar-refractivity contribution in [2.75, 3.05) is 40.0 Å². The molecule has 0 spiro atoms. The van der Waals surface area contributed by atoms with E-state index >= 15 is 0 Å². The van der Waals surface area contributed by atoms with E-state index in [1.165, 1.54) is 0 Å².